The topological polar surface area (TPSA) is 186 Å². The maximum absolute atomic E-state index is 12.7. The molecule has 0 radical (unpaired) electrons. The molecular weight excluding hydrogens is 466 g/mol. The van der Waals surface area contributed by atoms with E-state index in [1.54, 1.807) is 13.0 Å². The summed E-state index contributed by atoms with van der Waals surface area (Å²) < 4.78 is 0. The Labute approximate surface area is 199 Å². The number of aliphatic hydroxyl groups excluding tert-OH is 1. The highest BCUT2D eigenvalue weighted by molar-refractivity contribution is 8.01. The smallest absolute Gasteiger partial charge is 0.350 e. The number of amides is 1. The van der Waals surface area contributed by atoms with Crippen molar-refractivity contribution in [3.8, 4) is 0 Å². The van der Waals surface area contributed by atoms with E-state index < -0.39 is 53.2 Å². The second-order valence-corrected chi connectivity index (χ2v) is 9.97. The summed E-state index contributed by atoms with van der Waals surface area (Å²) in [6, 6.07) is 4.45. The predicted octanol–water partition coefficient (Wildman–Crippen LogP) is 0.781. The minimum absolute atomic E-state index is 0.0488. The normalized spacial score (nSPS) is 28.1. The number of anilines is 1. The van der Waals surface area contributed by atoms with Crippen LogP contribution in [0.25, 0.3) is 0 Å². The number of carbonyl (C=O) groups is 4. The Hall–Kier alpha value is -2.96. The van der Waals surface area contributed by atoms with E-state index in [1.165, 1.54) is 36.9 Å². The van der Waals surface area contributed by atoms with E-state index in [2.05, 4.69) is 15.6 Å². The Morgan fingerprint density at radius 3 is 2.47 bits per heavy atom. The van der Waals surface area contributed by atoms with Gasteiger partial charge in [0.15, 0.2) is 0 Å². The Morgan fingerprint density at radius 2 is 1.88 bits per heavy atom. The molecular formula is C22H27N3O8S. The van der Waals surface area contributed by atoms with E-state index in [-0.39, 0.29) is 22.4 Å². The molecule has 11 nitrogen and oxygen atoms in total. The van der Waals surface area contributed by atoms with Crippen LogP contribution in [-0.2, 0) is 14.4 Å². The van der Waals surface area contributed by atoms with E-state index >= 15 is 0 Å². The van der Waals surface area contributed by atoms with Crippen LogP contribution in [0, 0.1) is 11.8 Å². The lowest BCUT2D eigenvalue weighted by Crippen LogP contribution is -2.40. The van der Waals surface area contributed by atoms with Gasteiger partial charge in [0.25, 0.3) is 0 Å². The highest BCUT2D eigenvalue weighted by atomic mass is 32.2. The summed E-state index contributed by atoms with van der Waals surface area (Å²) in [6.07, 6.45) is -0.803. The van der Waals surface area contributed by atoms with Crippen molar-refractivity contribution in [2.75, 3.05) is 11.9 Å². The summed E-state index contributed by atoms with van der Waals surface area (Å²) >= 11 is 1.33. The van der Waals surface area contributed by atoms with Gasteiger partial charge in [0.2, 0.25) is 5.91 Å². The molecule has 0 spiro atoms. The maximum Gasteiger partial charge on any atom is 0.350 e. The quantitative estimate of drug-likeness (QED) is 0.287. The van der Waals surface area contributed by atoms with Crippen LogP contribution < -0.4 is 10.6 Å². The Kier molecular flexibility index (Phi) is 7.95. The highest BCUT2D eigenvalue weighted by Gasteiger charge is 2.48. The number of rotatable bonds is 9. The molecule has 184 valence electrons. The lowest BCUT2D eigenvalue weighted by Gasteiger charge is -2.27. The molecule has 7 atom stereocenters. The zero-order valence-corrected chi connectivity index (χ0v) is 19.4. The van der Waals surface area contributed by atoms with E-state index in [1.807, 2.05) is 0 Å². The second-order valence-electron chi connectivity index (χ2n) is 8.52. The van der Waals surface area contributed by atoms with Gasteiger partial charge in [-0.3, -0.25) is 14.6 Å². The third-order valence-corrected chi connectivity index (χ3v) is 7.78. The van der Waals surface area contributed by atoms with Crippen molar-refractivity contribution in [1.82, 2.24) is 5.32 Å². The van der Waals surface area contributed by atoms with Crippen LogP contribution in [0.2, 0.25) is 0 Å². The number of carbonyl (C=O) groups excluding carboxylic acids is 1. The first-order valence-electron chi connectivity index (χ1n) is 10.7. The van der Waals surface area contributed by atoms with Crippen molar-refractivity contribution in [2.24, 2.45) is 16.8 Å². The number of aromatic carboxylic acids is 1. The van der Waals surface area contributed by atoms with Gasteiger partial charge in [0.05, 0.1) is 29.0 Å². The molecule has 1 aromatic rings. The Balaban J connectivity index is 1.66. The molecule has 0 bridgehead atoms. The third kappa shape index (κ3) is 5.57. The number of aliphatic imine (C=N–C) groups is 1. The van der Waals surface area contributed by atoms with Crippen molar-refractivity contribution < 1.29 is 39.6 Å². The molecule has 1 amide bonds. The minimum atomic E-state index is -1.24. The summed E-state index contributed by atoms with van der Waals surface area (Å²) in [5, 5.41) is 43.2. The van der Waals surface area contributed by atoms with E-state index in [0.717, 1.165) is 0 Å². The fourth-order valence-electron chi connectivity index (χ4n) is 4.36. The molecule has 0 saturated carbocycles. The number of hydrogen-bond donors (Lipinski definition) is 6. The molecule has 2 aliphatic heterocycles. The fraction of sp³-hybridized carbons (Fsp3) is 0.500. The number of aliphatic hydroxyl groups is 1. The number of nitrogens with zero attached hydrogens (tertiary/aromatic N) is 1. The van der Waals surface area contributed by atoms with Crippen LogP contribution in [0.4, 0.5) is 5.69 Å². The standard InChI is InChI=1S/C22H27N3O8S/c1-9-16(15(10(2)26)21(30)31)25-17(22(32)33)18(9)34-13-7-14(23-8-13)19(27)24-12-5-3-4-11(6-12)20(28)29/h3-6,9-10,13-16,18,23,26H,7-8H2,1-2H3,(H,24,27)(H,28,29)(H,30,31)(H,32,33)/t9-,10-,13+,14+,15-,16+,18?/m1/s1. The third-order valence-electron chi connectivity index (χ3n) is 6.09. The number of hydrogen-bond acceptors (Lipinski definition) is 8. The van der Waals surface area contributed by atoms with Crippen LogP contribution >= 0.6 is 11.8 Å². The molecule has 1 saturated heterocycles. The van der Waals surface area contributed by atoms with Crippen molar-refractivity contribution >= 4 is 47.0 Å². The molecule has 2 heterocycles. The van der Waals surface area contributed by atoms with Gasteiger partial charge in [-0.2, -0.15) is 0 Å². The average molecular weight is 494 g/mol. The second kappa shape index (κ2) is 10.5. The van der Waals surface area contributed by atoms with Crippen LogP contribution in [-0.4, -0.2) is 85.2 Å². The van der Waals surface area contributed by atoms with Gasteiger partial charge in [-0.1, -0.05) is 13.0 Å². The summed E-state index contributed by atoms with van der Waals surface area (Å²) in [6.45, 7) is 3.50. The zero-order chi connectivity index (χ0) is 25.2. The summed E-state index contributed by atoms with van der Waals surface area (Å²) in [5.74, 6) is -5.59. The van der Waals surface area contributed by atoms with Crippen molar-refractivity contribution in [2.45, 2.75) is 49.0 Å². The molecule has 6 N–H and O–H groups in total. The van der Waals surface area contributed by atoms with Gasteiger partial charge in [0, 0.05) is 17.5 Å². The predicted molar refractivity (Wildman–Crippen MR) is 124 cm³/mol. The fourth-order valence-corrected chi connectivity index (χ4v) is 5.97. The molecule has 0 aliphatic carbocycles. The van der Waals surface area contributed by atoms with E-state index in [4.69, 9.17) is 5.11 Å². The Morgan fingerprint density at radius 1 is 1.18 bits per heavy atom. The highest BCUT2D eigenvalue weighted by Crippen LogP contribution is 2.39. The summed E-state index contributed by atoms with van der Waals surface area (Å²) in [4.78, 5) is 51.4. The number of carboxylic acid groups (broad SMARTS) is 3. The van der Waals surface area contributed by atoms with Crippen molar-refractivity contribution in [1.29, 1.82) is 0 Å². The van der Waals surface area contributed by atoms with Gasteiger partial charge in [0.1, 0.15) is 11.6 Å². The molecule has 1 fully saturated rings. The number of nitrogens with one attached hydrogen (secondary N) is 2. The lowest BCUT2D eigenvalue weighted by atomic mass is 9.86. The van der Waals surface area contributed by atoms with Gasteiger partial charge >= 0.3 is 17.9 Å². The van der Waals surface area contributed by atoms with E-state index in [0.29, 0.717) is 18.7 Å². The lowest BCUT2D eigenvalue weighted by molar-refractivity contribution is -0.146. The zero-order valence-electron chi connectivity index (χ0n) is 18.5. The van der Waals surface area contributed by atoms with Gasteiger partial charge in [-0.05, 0) is 37.5 Å². The van der Waals surface area contributed by atoms with Crippen LogP contribution in [0.15, 0.2) is 29.3 Å². The first kappa shape index (κ1) is 25.7. The van der Waals surface area contributed by atoms with Crippen molar-refractivity contribution in [3.05, 3.63) is 29.8 Å². The van der Waals surface area contributed by atoms with E-state index in [9.17, 15) is 34.5 Å². The van der Waals surface area contributed by atoms with Gasteiger partial charge in [-0.15, -0.1) is 11.8 Å². The van der Waals surface area contributed by atoms with Gasteiger partial charge in [-0.25, -0.2) is 9.59 Å². The van der Waals surface area contributed by atoms with Crippen molar-refractivity contribution in [3.63, 3.8) is 0 Å². The monoisotopic (exact) mass is 493 g/mol. The molecule has 1 unspecified atom stereocenters. The number of carboxylic acids is 3. The van der Waals surface area contributed by atoms with Crippen LogP contribution in [0.5, 0.6) is 0 Å². The van der Waals surface area contributed by atoms with Gasteiger partial charge < -0.3 is 31.1 Å². The SMILES string of the molecule is C[C@@H](O)[C@@H](C(=O)O)[C@H]1N=C(C(=O)O)C(S[C@@H]2CN[C@H](C(=O)Nc3cccc(C(=O)O)c3)C2)[C@@H]1C. The molecule has 34 heavy (non-hydrogen) atoms. The summed E-state index contributed by atoms with van der Waals surface area (Å²) in [7, 11) is 0. The number of thioether (sulfide) groups is 1. The van der Waals surface area contributed by atoms with Crippen LogP contribution in [0.3, 0.4) is 0 Å². The molecule has 3 rings (SSSR count). The molecule has 0 aromatic heterocycles. The Bertz CT molecular complexity index is 1010. The van der Waals surface area contributed by atoms with Crippen LogP contribution in [0.1, 0.15) is 30.6 Å². The minimum Gasteiger partial charge on any atom is -0.481 e. The first-order chi connectivity index (χ1) is 16.0. The number of benzene rings is 1. The molecule has 1 aromatic carbocycles. The maximum atomic E-state index is 12.7. The molecule has 12 heteroatoms. The first-order valence-corrected chi connectivity index (χ1v) is 11.7. The largest absolute Gasteiger partial charge is 0.481 e. The average Bonchev–Trinajstić information content (AvgIpc) is 3.34. The molecule has 2 aliphatic rings. The summed E-state index contributed by atoms with van der Waals surface area (Å²) in [5.41, 5.74) is 0.272. The number of aliphatic carboxylic acids is 2.